The van der Waals surface area contributed by atoms with E-state index in [9.17, 15) is 5.11 Å². The average molecular weight is 307 g/mol. The van der Waals surface area contributed by atoms with Gasteiger partial charge in [-0.15, -0.1) is 0 Å². The minimum absolute atomic E-state index is 0.101. The molecular weight excluding hydrogens is 278 g/mol. The lowest BCUT2D eigenvalue weighted by molar-refractivity contribution is 0.101. The normalized spacial score (nSPS) is 21.6. The molecule has 2 atom stereocenters. The van der Waals surface area contributed by atoms with Crippen molar-refractivity contribution in [3.8, 4) is 11.5 Å². The van der Waals surface area contributed by atoms with E-state index in [1.54, 1.807) is 0 Å². The van der Waals surface area contributed by atoms with Gasteiger partial charge in [-0.1, -0.05) is 12.5 Å². The fourth-order valence-corrected chi connectivity index (χ4v) is 3.07. The molecule has 0 amide bonds. The Kier molecular flexibility index (Phi) is 7.00. The van der Waals surface area contributed by atoms with Crippen LogP contribution in [0.15, 0.2) is 18.2 Å². The van der Waals surface area contributed by atoms with E-state index in [2.05, 4.69) is 17.4 Å². The molecule has 0 aromatic heterocycles. The van der Waals surface area contributed by atoms with Crippen LogP contribution in [-0.4, -0.2) is 31.0 Å². The van der Waals surface area contributed by atoms with Gasteiger partial charge in [0.1, 0.15) is 0 Å². The van der Waals surface area contributed by atoms with E-state index in [1.165, 1.54) is 12.0 Å². The highest BCUT2D eigenvalue weighted by molar-refractivity contribution is 5.43. The van der Waals surface area contributed by atoms with Gasteiger partial charge >= 0.3 is 0 Å². The Hall–Kier alpha value is -1.26. The quantitative estimate of drug-likeness (QED) is 0.775. The summed E-state index contributed by atoms with van der Waals surface area (Å²) in [7, 11) is 0. The summed E-state index contributed by atoms with van der Waals surface area (Å²) in [6.45, 7) is 7.02. The van der Waals surface area contributed by atoms with Gasteiger partial charge in [0.2, 0.25) is 0 Å². The van der Waals surface area contributed by atoms with Crippen LogP contribution in [0.2, 0.25) is 0 Å². The monoisotopic (exact) mass is 307 g/mol. The Bertz CT molecular complexity index is 450. The van der Waals surface area contributed by atoms with Crippen LogP contribution in [0.3, 0.4) is 0 Å². The molecule has 2 rings (SSSR count). The average Bonchev–Trinajstić information content (AvgIpc) is 2.50. The molecule has 1 aromatic rings. The van der Waals surface area contributed by atoms with Gasteiger partial charge < -0.3 is 19.9 Å². The first-order valence-corrected chi connectivity index (χ1v) is 8.50. The van der Waals surface area contributed by atoms with Crippen molar-refractivity contribution < 1.29 is 14.6 Å². The molecule has 1 aliphatic carbocycles. The van der Waals surface area contributed by atoms with Gasteiger partial charge in [0.15, 0.2) is 11.5 Å². The van der Waals surface area contributed by atoms with Gasteiger partial charge in [0.25, 0.3) is 0 Å². The maximum Gasteiger partial charge on any atom is 0.161 e. The third-order valence-corrected chi connectivity index (χ3v) is 4.13. The Morgan fingerprint density at radius 3 is 2.64 bits per heavy atom. The first-order valence-electron chi connectivity index (χ1n) is 8.50. The smallest absolute Gasteiger partial charge is 0.161 e. The van der Waals surface area contributed by atoms with Crippen molar-refractivity contribution in [1.82, 2.24) is 5.32 Å². The van der Waals surface area contributed by atoms with Crippen molar-refractivity contribution in [2.24, 2.45) is 5.92 Å². The van der Waals surface area contributed by atoms with Crippen LogP contribution in [-0.2, 0) is 6.54 Å². The van der Waals surface area contributed by atoms with Crippen LogP contribution in [0.25, 0.3) is 0 Å². The summed E-state index contributed by atoms with van der Waals surface area (Å²) in [5.41, 5.74) is 1.20. The predicted octanol–water partition coefficient (Wildman–Crippen LogP) is 3.12. The molecule has 4 nitrogen and oxygen atoms in total. The standard InChI is InChI=1S/C18H29NO3/c1-3-21-17-9-8-15(11-18(17)22-4-2)13-19-12-14-6-5-7-16(20)10-14/h8-9,11,14,16,19-20H,3-7,10,12-13H2,1-2H3. The van der Waals surface area contributed by atoms with Crippen LogP contribution in [0.5, 0.6) is 11.5 Å². The van der Waals surface area contributed by atoms with Crippen molar-refractivity contribution in [2.45, 2.75) is 52.2 Å². The SMILES string of the molecule is CCOc1ccc(CNCC2CCCC(O)C2)cc1OCC. The van der Waals surface area contributed by atoms with Gasteiger partial charge in [0, 0.05) is 6.54 Å². The van der Waals surface area contributed by atoms with E-state index in [4.69, 9.17) is 9.47 Å². The third kappa shape index (κ3) is 5.18. The molecule has 1 aliphatic rings. The van der Waals surface area contributed by atoms with Gasteiger partial charge in [-0.3, -0.25) is 0 Å². The number of nitrogens with one attached hydrogen (secondary N) is 1. The highest BCUT2D eigenvalue weighted by Gasteiger charge is 2.19. The molecule has 0 bridgehead atoms. The molecule has 124 valence electrons. The summed E-state index contributed by atoms with van der Waals surface area (Å²) in [5, 5.41) is 13.2. The van der Waals surface area contributed by atoms with Crippen LogP contribution < -0.4 is 14.8 Å². The first-order chi connectivity index (χ1) is 10.7. The van der Waals surface area contributed by atoms with Gasteiger partial charge in [0.05, 0.1) is 19.3 Å². The Labute approximate surface area is 133 Å². The third-order valence-electron chi connectivity index (χ3n) is 4.13. The zero-order valence-electron chi connectivity index (χ0n) is 13.8. The number of aliphatic hydroxyl groups is 1. The summed E-state index contributed by atoms with van der Waals surface area (Å²) in [5.74, 6) is 2.22. The van der Waals surface area contributed by atoms with Crippen molar-refractivity contribution in [2.75, 3.05) is 19.8 Å². The lowest BCUT2D eigenvalue weighted by Gasteiger charge is -2.26. The Balaban J connectivity index is 1.85. The van der Waals surface area contributed by atoms with Crippen LogP contribution >= 0.6 is 0 Å². The van der Waals surface area contributed by atoms with Crippen LogP contribution in [0.1, 0.15) is 45.1 Å². The van der Waals surface area contributed by atoms with Gasteiger partial charge in [-0.05, 0) is 63.3 Å². The van der Waals surface area contributed by atoms with Crippen molar-refractivity contribution in [3.05, 3.63) is 23.8 Å². The molecule has 0 spiro atoms. The maximum atomic E-state index is 9.71. The molecule has 1 fully saturated rings. The first kappa shape index (κ1) is 17.1. The molecule has 0 radical (unpaired) electrons. The minimum Gasteiger partial charge on any atom is -0.490 e. The fourth-order valence-electron chi connectivity index (χ4n) is 3.07. The largest absolute Gasteiger partial charge is 0.490 e. The summed E-state index contributed by atoms with van der Waals surface area (Å²) < 4.78 is 11.2. The van der Waals surface area contributed by atoms with E-state index in [-0.39, 0.29) is 6.10 Å². The van der Waals surface area contributed by atoms with E-state index >= 15 is 0 Å². The number of rotatable bonds is 8. The highest BCUT2D eigenvalue weighted by Crippen LogP contribution is 2.28. The molecule has 1 saturated carbocycles. The van der Waals surface area contributed by atoms with Crippen molar-refractivity contribution >= 4 is 0 Å². The van der Waals surface area contributed by atoms with Crippen molar-refractivity contribution in [3.63, 3.8) is 0 Å². The van der Waals surface area contributed by atoms with E-state index < -0.39 is 0 Å². The number of hydrogen-bond acceptors (Lipinski definition) is 4. The van der Waals surface area contributed by atoms with Crippen molar-refractivity contribution in [1.29, 1.82) is 0 Å². The Morgan fingerprint density at radius 2 is 1.91 bits per heavy atom. The van der Waals surface area contributed by atoms with E-state index in [0.29, 0.717) is 19.1 Å². The molecule has 1 aromatic carbocycles. The second kappa shape index (κ2) is 9.01. The molecule has 4 heteroatoms. The second-order valence-corrected chi connectivity index (χ2v) is 5.96. The lowest BCUT2D eigenvalue weighted by Crippen LogP contribution is -2.28. The molecular formula is C18H29NO3. The number of hydrogen-bond donors (Lipinski definition) is 2. The molecule has 0 aliphatic heterocycles. The summed E-state index contributed by atoms with van der Waals surface area (Å²) >= 11 is 0. The molecule has 2 unspecified atom stereocenters. The van der Waals surface area contributed by atoms with Gasteiger partial charge in [-0.2, -0.15) is 0 Å². The van der Waals surface area contributed by atoms with E-state index in [1.807, 2.05) is 19.9 Å². The summed E-state index contributed by atoms with van der Waals surface area (Å²) in [6, 6.07) is 6.11. The van der Waals surface area contributed by atoms with E-state index in [0.717, 1.165) is 43.9 Å². The topological polar surface area (TPSA) is 50.7 Å². The predicted molar refractivity (Wildman–Crippen MR) is 88.5 cm³/mol. The zero-order chi connectivity index (χ0) is 15.8. The van der Waals surface area contributed by atoms with Crippen LogP contribution in [0.4, 0.5) is 0 Å². The summed E-state index contributed by atoms with van der Waals surface area (Å²) in [4.78, 5) is 0. The van der Waals surface area contributed by atoms with Crippen LogP contribution in [0, 0.1) is 5.92 Å². The Morgan fingerprint density at radius 1 is 1.14 bits per heavy atom. The number of ether oxygens (including phenoxy) is 2. The molecule has 22 heavy (non-hydrogen) atoms. The van der Waals surface area contributed by atoms with Gasteiger partial charge in [-0.25, -0.2) is 0 Å². The number of aliphatic hydroxyl groups excluding tert-OH is 1. The lowest BCUT2D eigenvalue weighted by atomic mass is 9.87. The molecule has 0 heterocycles. The maximum absolute atomic E-state index is 9.71. The zero-order valence-corrected chi connectivity index (χ0v) is 13.8. The highest BCUT2D eigenvalue weighted by atomic mass is 16.5. The molecule has 2 N–H and O–H groups in total. The summed E-state index contributed by atoms with van der Waals surface area (Å²) in [6.07, 6.45) is 4.16. The molecule has 0 saturated heterocycles. The number of benzene rings is 1. The second-order valence-electron chi connectivity index (χ2n) is 5.96. The fraction of sp³-hybridized carbons (Fsp3) is 0.667. The minimum atomic E-state index is -0.101.